The van der Waals surface area contributed by atoms with Crippen molar-refractivity contribution in [3.8, 4) is 0 Å². The van der Waals surface area contributed by atoms with Gasteiger partial charge in [-0.2, -0.15) is 0 Å². The third kappa shape index (κ3) is 2.79. The molecule has 92 valence electrons. The number of ether oxygens (including phenoxy) is 1. The summed E-state index contributed by atoms with van der Waals surface area (Å²) >= 11 is 2.35. The van der Waals surface area contributed by atoms with Crippen LogP contribution in [0.15, 0.2) is 12.2 Å². The number of carbonyl (C=O) groups is 1. The van der Waals surface area contributed by atoms with Crippen LogP contribution in [-0.2, 0) is 9.53 Å². The SMILES string of the molecule is C/C=C/[C@@H](C)[C@H]1C(=O)O[C@H]([C@@H](C)I)[C@H]1CC. The second kappa shape index (κ2) is 6.03. The first-order chi connectivity index (χ1) is 7.52. The van der Waals surface area contributed by atoms with E-state index < -0.39 is 0 Å². The molecule has 0 amide bonds. The molecule has 1 saturated heterocycles. The third-order valence-corrected chi connectivity index (χ3v) is 4.10. The Kier molecular flexibility index (Phi) is 5.28. The lowest BCUT2D eigenvalue weighted by atomic mass is 9.79. The maximum Gasteiger partial charge on any atom is 0.310 e. The van der Waals surface area contributed by atoms with Crippen molar-refractivity contribution in [2.75, 3.05) is 0 Å². The molecule has 2 nitrogen and oxygen atoms in total. The number of esters is 1. The summed E-state index contributed by atoms with van der Waals surface area (Å²) < 4.78 is 5.91. The monoisotopic (exact) mass is 336 g/mol. The first-order valence-corrected chi connectivity index (χ1v) is 7.24. The lowest BCUT2D eigenvalue weighted by molar-refractivity contribution is -0.144. The van der Waals surface area contributed by atoms with Gasteiger partial charge >= 0.3 is 5.97 Å². The summed E-state index contributed by atoms with van der Waals surface area (Å²) in [4.78, 5) is 11.9. The van der Waals surface area contributed by atoms with E-state index >= 15 is 0 Å². The summed E-state index contributed by atoms with van der Waals surface area (Å²) in [7, 11) is 0. The number of carbonyl (C=O) groups excluding carboxylic acids is 1. The van der Waals surface area contributed by atoms with E-state index in [0.29, 0.717) is 9.84 Å². The highest BCUT2D eigenvalue weighted by atomic mass is 127. The minimum Gasteiger partial charge on any atom is -0.461 e. The molecule has 1 fully saturated rings. The molecule has 0 aromatic rings. The number of rotatable bonds is 4. The van der Waals surface area contributed by atoms with E-state index in [9.17, 15) is 4.79 Å². The molecule has 0 aromatic carbocycles. The van der Waals surface area contributed by atoms with E-state index in [0.717, 1.165) is 6.42 Å². The largest absolute Gasteiger partial charge is 0.461 e. The molecule has 0 radical (unpaired) electrons. The van der Waals surface area contributed by atoms with Crippen LogP contribution in [0.1, 0.15) is 34.1 Å². The van der Waals surface area contributed by atoms with Gasteiger partial charge in [0, 0.05) is 9.84 Å². The molecule has 0 saturated carbocycles. The third-order valence-electron chi connectivity index (χ3n) is 3.39. The molecule has 0 spiro atoms. The number of halogens is 1. The number of hydrogen-bond acceptors (Lipinski definition) is 2. The van der Waals surface area contributed by atoms with E-state index in [1.807, 2.05) is 13.0 Å². The minimum atomic E-state index is -0.00836. The predicted molar refractivity (Wildman–Crippen MR) is 74.6 cm³/mol. The van der Waals surface area contributed by atoms with E-state index in [1.54, 1.807) is 0 Å². The molecule has 16 heavy (non-hydrogen) atoms. The molecule has 3 heteroatoms. The van der Waals surface area contributed by atoms with Gasteiger partial charge in [-0.25, -0.2) is 0 Å². The molecule has 1 heterocycles. The van der Waals surface area contributed by atoms with Gasteiger partial charge < -0.3 is 4.74 Å². The van der Waals surface area contributed by atoms with Crippen LogP contribution < -0.4 is 0 Å². The van der Waals surface area contributed by atoms with E-state index in [-0.39, 0.29) is 23.9 Å². The quantitative estimate of drug-likeness (QED) is 0.339. The Bertz CT molecular complexity index is 273. The number of allylic oxidation sites excluding steroid dienone is 2. The number of cyclic esters (lactones) is 1. The van der Waals surface area contributed by atoms with Crippen LogP contribution in [0.3, 0.4) is 0 Å². The van der Waals surface area contributed by atoms with Gasteiger partial charge in [-0.3, -0.25) is 4.79 Å². The number of hydrogen-bond donors (Lipinski definition) is 0. The lowest BCUT2D eigenvalue weighted by Crippen LogP contribution is -2.28. The Labute approximate surface area is 112 Å². The van der Waals surface area contributed by atoms with Gasteiger partial charge in [0.15, 0.2) is 0 Å². The van der Waals surface area contributed by atoms with Crippen molar-refractivity contribution in [3.63, 3.8) is 0 Å². The smallest absolute Gasteiger partial charge is 0.310 e. The normalized spacial score (nSPS) is 34.1. The highest BCUT2D eigenvalue weighted by Crippen LogP contribution is 2.39. The average Bonchev–Trinajstić information content (AvgIpc) is 2.55. The highest BCUT2D eigenvalue weighted by molar-refractivity contribution is 14.1. The molecule has 0 bridgehead atoms. The van der Waals surface area contributed by atoms with Crippen molar-refractivity contribution in [3.05, 3.63) is 12.2 Å². The molecular formula is C13H21IO2. The molecule has 0 aromatic heterocycles. The molecule has 1 aliphatic heterocycles. The summed E-state index contributed by atoms with van der Waals surface area (Å²) in [5, 5.41) is 0. The maximum atomic E-state index is 11.9. The Morgan fingerprint density at radius 1 is 1.50 bits per heavy atom. The minimum absolute atomic E-state index is 0.00836. The van der Waals surface area contributed by atoms with Crippen molar-refractivity contribution in [2.45, 2.75) is 44.1 Å². The summed E-state index contributed by atoms with van der Waals surface area (Å²) in [5.41, 5.74) is 0. The summed E-state index contributed by atoms with van der Waals surface area (Å²) in [6.07, 6.45) is 5.23. The fourth-order valence-electron chi connectivity index (χ4n) is 2.63. The van der Waals surface area contributed by atoms with Crippen LogP contribution in [0.2, 0.25) is 0 Å². The van der Waals surface area contributed by atoms with Gasteiger partial charge in [0.1, 0.15) is 6.10 Å². The molecular weight excluding hydrogens is 315 g/mol. The van der Waals surface area contributed by atoms with Crippen molar-refractivity contribution in [1.82, 2.24) is 0 Å². The van der Waals surface area contributed by atoms with E-state index in [1.165, 1.54) is 0 Å². The molecule has 5 atom stereocenters. The van der Waals surface area contributed by atoms with Crippen LogP contribution in [-0.4, -0.2) is 16.0 Å². The Morgan fingerprint density at radius 2 is 2.12 bits per heavy atom. The van der Waals surface area contributed by atoms with Crippen molar-refractivity contribution in [2.24, 2.45) is 17.8 Å². The second-order valence-electron chi connectivity index (χ2n) is 4.56. The van der Waals surface area contributed by atoms with Crippen molar-refractivity contribution < 1.29 is 9.53 Å². The van der Waals surface area contributed by atoms with Crippen LogP contribution >= 0.6 is 22.6 Å². The van der Waals surface area contributed by atoms with Crippen molar-refractivity contribution in [1.29, 1.82) is 0 Å². The summed E-state index contributed by atoms with van der Waals surface area (Å²) in [5.74, 6) is 0.683. The first-order valence-electron chi connectivity index (χ1n) is 6.00. The van der Waals surface area contributed by atoms with Crippen LogP contribution in [0, 0.1) is 17.8 Å². The topological polar surface area (TPSA) is 26.3 Å². The zero-order valence-electron chi connectivity index (χ0n) is 10.4. The van der Waals surface area contributed by atoms with Gasteiger partial charge in [0.2, 0.25) is 0 Å². The maximum absolute atomic E-state index is 11.9. The molecule has 1 rings (SSSR count). The van der Waals surface area contributed by atoms with E-state index in [4.69, 9.17) is 4.74 Å². The standard InChI is InChI=1S/C13H21IO2/c1-5-7-8(3)11-10(6-2)12(9(4)14)16-13(11)15/h5,7-12H,6H2,1-4H3/b7-5+/t8-,9-,10+,11-,12-/m1/s1. The summed E-state index contributed by atoms with van der Waals surface area (Å²) in [6, 6.07) is 0. The highest BCUT2D eigenvalue weighted by Gasteiger charge is 2.46. The Morgan fingerprint density at radius 3 is 2.56 bits per heavy atom. The summed E-state index contributed by atoms with van der Waals surface area (Å²) in [6.45, 7) is 8.36. The lowest BCUT2D eigenvalue weighted by Gasteiger charge is -2.23. The van der Waals surface area contributed by atoms with Crippen LogP contribution in [0.5, 0.6) is 0 Å². The Hall–Kier alpha value is -0.0600. The first kappa shape index (κ1) is 14.0. The van der Waals surface area contributed by atoms with Crippen LogP contribution in [0.25, 0.3) is 0 Å². The van der Waals surface area contributed by atoms with Crippen molar-refractivity contribution >= 4 is 28.6 Å². The molecule has 0 aliphatic carbocycles. The van der Waals surface area contributed by atoms with Gasteiger partial charge in [-0.05, 0) is 26.2 Å². The zero-order valence-corrected chi connectivity index (χ0v) is 12.6. The van der Waals surface area contributed by atoms with Gasteiger partial charge in [-0.15, -0.1) is 0 Å². The number of alkyl halides is 1. The molecule has 0 N–H and O–H groups in total. The fraction of sp³-hybridized carbons (Fsp3) is 0.769. The molecule has 0 unspecified atom stereocenters. The molecule has 1 aliphatic rings. The van der Waals surface area contributed by atoms with Crippen LogP contribution in [0.4, 0.5) is 0 Å². The second-order valence-corrected chi connectivity index (χ2v) is 6.53. The predicted octanol–water partition coefficient (Wildman–Crippen LogP) is 3.59. The fourth-order valence-corrected chi connectivity index (χ4v) is 3.31. The van der Waals surface area contributed by atoms with Gasteiger partial charge in [0.25, 0.3) is 0 Å². The van der Waals surface area contributed by atoms with E-state index in [2.05, 4.69) is 49.4 Å². The average molecular weight is 336 g/mol. The van der Waals surface area contributed by atoms with Gasteiger partial charge in [-0.1, -0.05) is 48.6 Å². The zero-order chi connectivity index (χ0) is 12.3. The van der Waals surface area contributed by atoms with Gasteiger partial charge in [0.05, 0.1) is 5.92 Å². The Balaban J connectivity index is 2.87.